The van der Waals surface area contributed by atoms with Crippen LogP contribution in [0.25, 0.3) is 0 Å². The molecule has 2 saturated heterocycles. The molecule has 0 saturated carbocycles. The topological polar surface area (TPSA) is 72.9 Å². The van der Waals surface area contributed by atoms with Crippen LogP contribution in [-0.2, 0) is 6.42 Å². The van der Waals surface area contributed by atoms with Crippen LogP contribution < -0.4 is 9.47 Å². The number of hydrogen-bond acceptors (Lipinski definition) is 7. The Morgan fingerprint density at radius 2 is 1.50 bits per heavy atom. The highest BCUT2D eigenvalue weighted by molar-refractivity contribution is 7.99. The molecule has 2 fully saturated rings. The average molecular weight is 496 g/mol. The van der Waals surface area contributed by atoms with Crippen LogP contribution in [0.5, 0.6) is 11.5 Å². The molecule has 5 aliphatic rings. The van der Waals surface area contributed by atoms with Gasteiger partial charge in [-0.1, -0.05) is 54.6 Å². The van der Waals surface area contributed by atoms with E-state index in [2.05, 4.69) is 4.90 Å². The molecule has 3 aliphatic heterocycles. The lowest BCUT2D eigenvalue weighted by Gasteiger charge is -2.43. The van der Waals surface area contributed by atoms with Gasteiger partial charge in [0.2, 0.25) is 6.79 Å². The molecule has 2 spiro atoms. The molecule has 3 heterocycles. The second-order valence-corrected chi connectivity index (χ2v) is 11.2. The lowest BCUT2D eigenvalue weighted by molar-refractivity contribution is 0.0320. The minimum absolute atomic E-state index is 0.102. The molecule has 0 amide bonds. The molecule has 36 heavy (non-hydrogen) atoms. The standard InChI is InChI=1S/C29H21NO5S/c31-25-18-6-2-1-5-17(18)12-28(25)24(16-9-10-22-23(11-16)35-15-34-22)21-13-36-14-30(21)29(28)26(32)19-7-3-4-8-20(19)27(29)33/h1-11,21,24H,12-15H2. The molecule has 2 aliphatic carbocycles. The van der Waals surface area contributed by atoms with E-state index in [-0.39, 0.29) is 36.1 Å². The molecule has 3 atom stereocenters. The number of ether oxygens (including phenoxy) is 2. The van der Waals surface area contributed by atoms with Gasteiger partial charge in [-0.2, -0.15) is 0 Å². The normalized spacial score (nSPS) is 28.8. The summed E-state index contributed by atoms with van der Waals surface area (Å²) in [5, 5.41) is 0. The summed E-state index contributed by atoms with van der Waals surface area (Å²) in [5.41, 5.74) is 0.461. The maximum Gasteiger partial charge on any atom is 0.231 e. The van der Waals surface area contributed by atoms with Gasteiger partial charge in [-0.15, -0.1) is 11.8 Å². The van der Waals surface area contributed by atoms with E-state index < -0.39 is 11.0 Å². The number of carbonyl (C=O) groups excluding carboxylic acids is 3. The fraction of sp³-hybridized carbons (Fsp3) is 0.276. The predicted octanol–water partition coefficient (Wildman–Crippen LogP) is 4.13. The van der Waals surface area contributed by atoms with E-state index in [0.29, 0.717) is 40.5 Å². The molecule has 178 valence electrons. The van der Waals surface area contributed by atoms with Crippen LogP contribution >= 0.6 is 11.8 Å². The zero-order chi connectivity index (χ0) is 24.2. The molecule has 6 nitrogen and oxygen atoms in total. The van der Waals surface area contributed by atoms with Gasteiger partial charge in [0.05, 0.1) is 5.41 Å². The fourth-order valence-electron chi connectivity index (χ4n) is 7.60. The molecular formula is C29H21NO5S. The zero-order valence-electron chi connectivity index (χ0n) is 19.2. The van der Waals surface area contributed by atoms with E-state index in [0.717, 1.165) is 16.9 Å². The van der Waals surface area contributed by atoms with E-state index >= 15 is 0 Å². The molecule has 0 aromatic heterocycles. The molecule has 7 heteroatoms. The number of rotatable bonds is 1. The maximum absolute atomic E-state index is 14.7. The fourth-order valence-corrected chi connectivity index (χ4v) is 8.90. The summed E-state index contributed by atoms with van der Waals surface area (Å²) in [7, 11) is 0. The number of hydrogen-bond donors (Lipinski definition) is 0. The monoisotopic (exact) mass is 495 g/mol. The van der Waals surface area contributed by atoms with Crippen LogP contribution in [0.4, 0.5) is 0 Å². The largest absolute Gasteiger partial charge is 0.454 e. The van der Waals surface area contributed by atoms with Crippen molar-refractivity contribution < 1.29 is 23.9 Å². The second-order valence-electron chi connectivity index (χ2n) is 10.2. The summed E-state index contributed by atoms with van der Waals surface area (Å²) in [5.74, 6) is 1.64. The van der Waals surface area contributed by atoms with Crippen molar-refractivity contribution in [3.63, 3.8) is 0 Å². The van der Waals surface area contributed by atoms with E-state index in [1.165, 1.54) is 0 Å². The second kappa shape index (κ2) is 6.87. The summed E-state index contributed by atoms with van der Waals surface area (Å²) in [6.45, 7) is 0.153. The Morgan fingerprint density at radius 1 is 0.806 bits per heavy atom. The van der Waals surface area contributed by atoms with Gasteiger partial charge in [0, 0.05) is 40.3 Å². The molecular weight excluding hydrogens is 474 g/mol. The summed E-state index contributed by atoms with van der Waals surface area (Å²) in [6, 6.07) is 20.3. The van der Waals surface area contributed by atoms with Crippen LogP contribution in [0, 0.1) is 5.41 Å². The Morgan fingerprint density at radius 3 is 2.25 bits per heavy atom. The van der Waals surface area contributed by atoms with Gasteiger partial charge in [0.25, 0.3) is 0 Å². The summed E-state index contributed by atoms with van der Waals surface area (Å²) < 4.78 is 11.2. The highest BCUT2D eigenvalue weighted by atomic mass is 32.2. The lowest BCUT2D eigenvalue weighted by Crippen LogP contribution is -2.64. The lowest BCUT2D eigenvalue weighted by atomic mass is 9.58. The van der Waals surface area contributed by atoms with Crippen molar-refractivity contribution in [2.45, 2.75) is 23.9 Å². The number of benzene rings is 3. The summed E-state index contributed by atoms with van der Waals surface area (Å²) in [4.78, 5) is 45.8. The van der Waals surface area contributed by atoms with Crippen LogP contribution in [-0.4, -0.2) is 52.3 Å². The Kier molecular flexibility index (Phi) is 3.96. The van der Waals surface area contributed by atoms with Crippen LogP contribution in [0.2, 0.25) is 0 Å². The van der Waals surface area contributed by atoms with Crippen molar-refractivity contribution in [1.29, 1.82) is 0 Å². The number of ketones is 3. The first kappa shape index (κ1) is 20.7. The summed E-state index contributed by atoms with van der Waals surface area (Å²) >= 11 is 1.72. The number of Topliss-reactive ketones (excluding diaryl/α,β-unsaturated/α-hetero) is 3. The van der Waals surface area contributed by atoms with Gasteiger partial charge in [0.1, 0.15) is 0 Å². The third kappa shape index (κ3) is 2.15. The maximum atomic E-state index is 14.7. The molecule has 3 unspecified atom stereocenters. The van der Waals surface area contributed by atoms with Gasteiger partial charge in [0.15, 0.2) is 34.4 Å². The van der Waals surface area contributed by atoms with Crippen molar-refractivity contribution in [3.05, 3.63) is 94.5 Å². The summed E-state index contributed by atoms with van der Waals surface area (Å²) in [6.07, 6.45) is 0.351. The minimum Gasteiger partial charge on any atom is -0.454 e. The van der Waals surface area contributed by atoms with E-state index in [1.807, 2.05) is 42.5 Å². The first-order valence-electron chi connectivity index (χ1n) is 12.1. The molecule has 3 aromatic carbocycles. The molecule has 0 N–H and O–H groups in total. The van der Waals surface area contributed by atoms with Gasteiger partial charge in [-0.05, 0) is 29.7 Å². The van der Waals surface area contributed by atoms with Gasteiger partial charge in [-0.25, -0.2) is 0 Å². The first-order valence-corrected chi connectivity index (χ1v) is 13.3. The Hall–Kier alpha value is -3.42. The molecule has 0 bridgehead atoms. The average Bonchev–Trinajstić information content (AvgIpc) is 3.69. The number of fused-ring (bicyclic) bond motifs is 6. The minimum atomic E-state index is -1.57. The third-order valence-electron chi connectivity index (χ3n) is 8.88. The van der Waals surface area contributed by atoms with Crippen LogP contribution in [0.1, 0.15) is 48.1 Å². The van der Waals surface area contributed by atoms with Crippen LogP contribution in [0.15, 0.2) is 66.7 Å². The van der Waals surface area contributed by atoms with Crippen molar-refractivity contribution in [2.24, 2.45) is 5.41 Å². The van der Waals surface area contributed by atoms with E-state index in [4.69, 9.17) is 9.47 Å². The van der Waals surface area contributed by atoms with Gasteiger partial charge < -0.3 is 9.47 Å². The highest BCUT2D eigenvalue weighted by Gasteiger charge is 2.81. The Balaban J connectivity index is 1.44. The van der Waals surface area contributed by atoms with Gasteiger partial charge in [-0.3, -0.25) is 19.3 Å². The quantitative estimate of drug-likeness (QED) is 0.470. The number of nitrogens with zero attached hydrogens (tertiary/aromatic N) is 1. The van der Waals surface area contributed by atoms with Crippen molar-refractivity contribution in [1.82, 2.24) is 4.90 Å². The van der Waals surface area contributed by atoms with E-state index in [1.54, 1.807) is 36.0 Å². The van der Waals surface area contributed by atoms with Crippen molar-refractivity contribution >= 4 is 29.1 Å². The van der Waals surface area contributed by atoms with Crippen LogP contribution in [0.3, 0.4) is 0 Å². The zero-order valence-corrected chi connectivity index (χ0v) is 20.0. The predicted molar refractivity (Wildman–Crippen MR) is 133 cm³/mol. The van der Waals surface area contributed by atoms with Gasteiger partial charge >= 0.3 is 0 Å². The Bertz CT molecular complexity index is 1500. The highest BCUT2D eigenvalue weighted by Crippen LogP contribution is 2.67. The third-order valence-corrected chi connectivity index (χ3v) is 9.92. The first-order chi connectivity index (χ1) is 17.6. The molecule has 3 aromatic rings. The number of carbonyl (C=O) groups is 3. The smallest absolute Gasteiger partial charge is 0.231 e. The van der Waals surface area contributed by atoms with Crippen molar-refractivity contribution in [3.8, 4) is 11.5 Å². The SMILES string of the molecule is O=C1c2ccccc2CC12C(c1ccc3c(c1)OCO3)C1CSCN1C21C(=O)c2ccccc2C1=O. The number of thioether (sulfide) groups is 1. The molecule has 0 radical (unpaired) electrons. The molecule has 8 rings (SSSR count). The Labute approximate surface area is 211 Å². The van der Waals surface area contributed by atoms with Crippen molar-refractivity contribution in [2.75, 3.05) is 18.4 Å². The van der Waals surface area contributed by atoms with E-state index in [9.17, 15) is 14.4 Å².